The normalized spacial score (nSPS) is 17.6. The first kappa shape index (κ1) is 14.1. The molecular weight excluding hydrogens is 284 g/mol. The maximum atomic E-state index is 12.8. The predicted octanol–water partition coefficient (Wildman–Crippen LogP) is 2.89. The van der Waals surface area contributed by atoms with E-state index in [9.17, 15) is 9.59 Å². The molecule has 0 aromatic carbocycles. The molecule has 21 heavy (non-hydrogen) atoms. The van der Waals surface area contributed by atoms with Crippen LogP contribution in [0.15, 0.2) is 28.6 Å². The lowest BCUT2D eigenvalue weighted by Gasteiger charge is -2.35. The topological polar surface area (TPSA) is 53.2 Å². The quantitative estimate of drug-likeness (QED) is 0.927. The van der Waals surface area contributed by atoms with Crippen molar-refractivity contribution in [2.45, 2.75) is 32.7 Å². The Kier molecular flexibility index (Phi) is 3.68. The third-order valence-electron chi connectivity index (χ3n) is 4.10. The predicted molar refractivity (Wildman–Crippen MR) is 83.9 cm³/mol. The molecular formula is C16H18N2O2S. The van der Waals surface area contributed by atoms with E-state index in [4.69, 9.17) is 0 Å². The number of aromatic amines is 1. The molecule has 0 spiro atoms. The van der Waals surface area contributed by atoms with E-state index in [1.165, 1.54) is 16.6 Å². The smallest absolute Gasteiger partial charge is 0.259 e. The molecule has 0 fully saturated rings. The number of amides is 1. The highest BCUT2D eigenvalue weighted by molar-refractivity contribution is 7.10. The summed E-state index contributed by atoms with van der Waals surface area (Å²) < 4.78 is 0. The van der Waals surface area contributed by atoms with E-state index in [0.29, 0.717) is 12.1 Å². The van der Waals surface area contributed by atoms with Crippen LogP contribution < -0.4 is 5.43 Å². The highest BCUT2D eigenvalue weighted by Crippen LogP contribution is 2.35. The number of pyridine rings is 1. The number of carbonyl (C=O) groups excluding carboxylic acids is 1. The van der Waals surface area contributed by atoms with Crippen LogP contribution in [0, 0.1) is 6.92 Å². The minimum Gasteiger partial charge on any atom is -0.366 e. The largest absolute Gasteiger partial charge is 0.366 e. The summed E-state index contributed by atoms with van der Waals surface area (Å²) in [6, 6.07) is 2.18. The number of H-pyrrole nitrogens is 1. The van der Waals surface area contributed by atoms with Crippen LogP contribution in [0.25, 0.3) is 0 Å². The zero-order valence-corrected chi connectivity index (χ0v) is 13.0. The minimum atomic E-state index is -0.176. The third kappa shape index (κ3) is 2.31. The van der Waals surface area contributed by atoms with E-state index in [0.717, 1.165) is 12.8 Å². The molecule has 4 nitrogen and oxygen atoms in total. The van der Waals surface area contributed by atoms with Crippen molar-refractivity contribution >= 4 is 17.2 Å². The van der Waals surface area contributed by atoms with Gasteiger partial charge in [-0.3, -0.25) is 9.59 Å². The number of thiophene rings is 1. The van der Waals surface area contributed by atoms with Crippen molar-refractivity contribution in [2.24, 2.45) is 0 Å². The van der Waals surface area contributed by atoms with E-state index in [1.807, 2.05) is 4.90 Å². The Balaban J connectivity index is 1.99. The number of hydrogen-bond donors (Lipinski definition) is 1. The van der Waals surface area contributed by atoms with Crippen molar-refractivity contribution in [3.63, 3.8) is 0 Å². The molecule has 3 heterocycles. The molecule has 110 valence electrons. The average molecular weight is 302 g/mol. The standard InChI is InChI=1S/C16H18N2O2S/c1-3-13-11-5-7-21-14(11)4-6-18(13)16(20)12-9-17-8-10(2)15(12)19/h5,7-9,13H,3-4,6H2,1-2H3,(H,17,19). The molecule has 5 heteroatoms. The third-order valence-corrected chi connectivity index (χ3v) is 5.10. The summed E-state index contributed by atoms with van der Waals surface area (Å²) in [5.41, 5.74) is 1.88. The Morgan fingerprint density at radius 3 is 3.05 bits per heavy atom. The van der Waals surface area contributed by atoms with Gasteiger partial charge in [-0.1, -0.05) is 6.92 Å². The van der Waals surface area contributed by atoms with Crippen molar-refractivity contribution in [3.8, 4) is 0 Å². The number of carbonyl (C=O) groups is 1. The van der Waals surface area contributed by atoms with Crippen molar-refractivity contribution < 1.29 is 4.79 Å². The zero-order chi connectivity index (χ0) is 15.0. The Morgan fingerprint density at radius 2 is 2.29 bits per heavy atom. The zero-order valence-electron chi connectivity index (χ0n) is 12.2. The molecule has 0 aliphatic carbocycles. The van der Waals surface area contributed by atoms with Crippen LogP contribution in [0.4, 0.5) is 0 Å². The molecule has 0 saturated carbocycles. The maximum Gasteiger partial charge on any atom is 0.259 e. The Bertz CT molecular complexity index is 732. The van der Waals surface area contributed by atoms with Crippen LogP contribution in [-0.2, 0) is 6.42 Å². The molecule has 0 radical (unpaired) electrons. The van der Waals surface area contributed by atoms with E-state index in [-0.39, 0.29) is 22.9 Å². The molecule has 0 saturated heterocycles. The van der Waals surface area contributed by atoms with Crippen LogP contribution in [-0.4, -0.2) is 22.3 Å². The Hall–Kier alpha value is -1.88. The Labute approximate surface area is 127 Å². The van der Waals surface area contributed by atoms with Gasteiger partial charge in [-0.2, -0.15) is 0 Å². The molecule has 1 atom stereocenters. The van der Waals surface area contributed by atoms with Gasteiger partial charge in [0, 0.05) is 29.4 Å². The summed E-state index contributed by atoms with van der Waals surface area (Å²) in [4.78, 5) is 31.1. The summed E-state index contributed by atoms with van der Waals surface area (Å²) in [5, 5.41) is 2.08. The molecule has 1 aliphatic heterocycles. The molecule has 2 aromatic rings. The molecule has 1 aliphatic rings. The summed E-state index contributed by atoms with van der Waals surface area (Å²) in [5.74, 6) is -0.163. The molecule has 3 rings (SSSR count). The average Bonchev–Trinajstić information content (AvgIpc) is 2.96. The number of aromatic nitrogens is 1. The van der Waals surface area contributed by atoms with Crippen LogP contribution in [0.5, 0.6) is 0 Å². The van der Waals surface area contributed by atoms with Crippen LogP contribution in [0.3, 0.4) is 0 Å². The van der Waals surface area contributed by atoms with Gasteiger partial charge in [-0.05, 0) is 36.8 Å². The van der Waals surface area contributed by atoms with Crippen LogP contribution >= 0.6 is 11.3 Å². The number of nitrogens with zero attached hydrogens (tertiary/aromatic N) is 1. The summed E-state index contributed by atoms with van der Waals surface area (Å²) >= 11 is 1.75. The Morgan fingerprint density at radius 1 is 1.48 bits per heavy atom. The fraction of sp³-hybridized carbons (Fsp3) is 0.375. The second-order valence-electron chi connectivity index (χ2n) is 5.35. The van der Waals surface area contributed by atoms with Gasteiger partial charge in [0.05, 0.1) is 6.04 Å². The van der Waals surface area contributed by atoms with Gasteiger partial charge in [-0.15, -0.1) is 11.3 Å². The summed E-state index contributed by atoms with van der Waals surface area (Å²) in [7, 11) is 0. The van der Waals surface area contributed by atoms with E-state index in [1.54, 1.807) is 24.5 Å². The molecule has 2 aromatic heterocycles. The van der Waals surface area contributed by atoms with Crippen LogP contribution in [0.2, 0.25) is 0 Å². The monoisotopic (exact) mass is 302 g/mol. The summed E-state index contributed by atoms with van der Waals surface area (Å²) in [6.07, 6.45) is 4.88. The number of aryl methyl sites for hydroxylation is 1. The van der Waals surface area contributed by atoms with Gasteiger partial charge in [0.1, 0.15) is 5.56 Å². The van der Waals surface area contributed by atoms with Crippen molar-refractivity contribution in [1.82, 2.24) is 9.88 Å². The van der Waals surface area contributed by atoms with Gasteiger partial charge in [0.15, 0.2) is 5.43 Å². The van der Waals surface area contributed by atoms with Crippen LogP contribution in [0.1, 0.15) is 45.7 Å². The SMILES string of the molecule is CCC1c2ccsc2CCN1C(=O)c1c[nH]cc(C)c1=O. The fourth-order valence-electron chi connectivity index (χ4n) is 2.99. The molecule has 1 N–H and O–H groups in total. The van der Waals surface area contributed by atoms with Gasteiger partial charge in [-0.25, -0.2) is 0 Å². The number of rotatable bonds is 2. The lowest BCUT2D eigenvalue weighted by atomic mass is 9.97. The van der Waals surface area contributed by atoms with Crippen molar-refractivity contribution in [2.75, 3.05) is 6.54 Å². The second kappa shape index (κ2) is 5.48. The van der Waals surface area contributed by atoms with E-state index >= 15 is 0 Å². The number of hydrogen-bond acceptors (Lipinski definition) is 3. The minimum absolute atomic E-state index is 0.0763. The first-order chi connectivity index (χ1) is 10.1. The lowest BCUT2D eigenvalue weighted by molar-refractivity contribution is 0.0655. The van der Waals surface area contributed by atoms with Gasteiger partial charge < -0.3 is 9.88 Å². The highest BCUT2D eigenvalue weighted by atomic mass is 32.1. The van der Waals surface area contributed by atoms with Gasteiger partial charge >= 0.3 is 0 Å². The second-order valence-corrected chi connectivity index (χ2v) is 6.35. The summed E-state index contributed by atoms with van der Waals surface area (Å²) in [6.45, 7) is 4.48. The lowest BCUT2D eigenvalue weighted by Crippen LogP contribution is -2.41. The number of fused-ring (bicyclic) bond motifs is 1. The first-order valence-corrected chi connectivity index (χ1v) is 8.06. The molecule has 1 unspecified atom stereocenters. The van der Waals surface area contributed by atoms with E-state index < -0.39 is 0 Å². The molecule has 1 amide bonds. The first-order valence-electron chi connectivity index (χ1n) is 7.18. The number of nitrogens with one attached hydrogen (secondary N) is 1. The highest BCUT2D eigenvalue weighted by Gasteiger charge is 2.31. The maximum absolute atomic E-state index is 12.8. The van der Waals surface area contributed by atoms with E-state index in [2.05, 4.69) is 23.4 Å². The van der Waals surface area contributed by atoms with Gasteiger partial charge in [0.2, 0.25) is 0 Å². The molecule has 0 bridgehead atoms. The fourth-order valence-corrected chi connectivity index (χ4v) is 3.92. The van der Waals surface area contributed by atoms with Crippen molar-refractivity contribution in [3.05, 3.63) is 55.6 Å². The van der Waals surface area contributed by atoms with Crippen molar-refractivity contribution in [1.29, 1.82) is 0 Å². The van der Waals surface area contributed by atoms with Gasteiger partial charge in [0.25, 0.3) is 5.91 Å².